The largest absolute Gasteiger partial charge is 0.393 e. The number of carbonyl (C=O) groups is 2. The summed E-state index contributed by atoms with van der Waals surface area (Å²) in [7, 11) is 0. The molecule has 0 aliphatic carbocycles. The number of unbranched alkanes of at least 4 members (excludes halogenated alkanes) is 2. The SMILES string of the molecule is CCC(C)O.CCCC=O.CCCC=O. The van der Waals surface area contributed by atoms with Crippen molar-refractivity contribution >= 4 is 12.6 Å². The highest BCUT2D eigenvalue weighted by Gasteiger charge is 1.81. The minimum absolute atomic E-state index is 0.116. The predicted molar refractivity (Wildman–Crippen MR) is 63.9 cm³/mol. The molecule has 15 heavy (non-hydrogen) atoms. The highest BCUT2D eigenvalue weighted by molar-refractivity contribution is 5.49. The van der Waals surface area contributed by atoms with E-state index in [1.165, 1.54) is 0 Å². The quantitative estimate of drug-likeness (QED) is 0.722. The Labute approximate surface area is 93.9 Å². The van der Waals surface area contributed by atoms with E-state index < -0.39 is 0 Å². The Morgan fingerprint density at radius 3 is 1.27 bits per heavy atom. The van der Waals surface area contributed by atoms with E-state index in [2.05, 4.69) is 0 Å². The maximum Gasteiger partial charge on any atom is 0.119 e. The average Bonchev–Trinajstić information content (AvgIpc) is 2.22. The molecule has 3 heteroatoms. The molecule has 0 aromatic heterocycles. The fourth-order valence-electron chi connectivity index (χ4n) is 0.236. The minimum atomic E-state index is -0.116. The summed E-state index contributed by atoms with van der Waals surface area (Å²) >= 11 is 0. The van der Waals surface area contributed by atoms with Gasteiger partial charge in [-0.1, -0.05) is 20.8 Å². The summed E-state index contributed by atoms with van der Waals surface area (Å²) in [4.78, 5) is 18.8. The normalized spacial score (nSPS) is 9.93. The molecule has 0 heterocycles. The Morgan fingerprint density at radius 1 is 1.00 bits per heavy atom. The second kappa shape index (κ2) is 23.3. The number of aliphatic hydroxyl groups is 1. The highest BCUT2D eigenvalue weighted by Crippen LogP contribution is 1.81. The van der Waals surface area contributed by atoms with Crippen LogP contribution in [0.25, 0.3) is 0 Å². The minimum Gasteiger partial charge on any atom is -0.393 e. The van der Waals surface area contributed by atoms with E-state index in [0.29, 0.717) is 12.8 Å². The van der Waals surface area contributed by atoms with Gasteiger partial charge in [-0.15, -0.1) is 0 Å². The van der Waals surface area contributed by atoms with E-state index in [9.17, 15) is 9.59 Å². The van der Waals surface area contributed by atoms with Crippen molar-refractivity contribution in [1.82, 2.24) is 0 Å². The van der Waals surface area contributed by atoms with Crippen LogP contribution in [0.4, 0.5) is 0 Å². The number of aldehydes is 2. The second-order valence-electron chi connectivity index (χ2n) is 3.17. The van der Waals surface area contributed by atoms with Gasteiger partial charge in [-0.25, -0.2) is 0 Å². The Morgan fingerprint density at radius 2 is 1.27 bits per heavy atom. The van der Waals surface area contributed by atoms with E-state index >= 15 is 0 Å². The first-order valence-corrected chi connectivity index (χ1v) is 5.65. The summed E-state index contributed by atoms with van der Waals surface area (Å²) in [5, 5.41) is 8.36. The lowest BCUT2D eigenvalue weighted by Crippen LogP contribution is -1.93. The number of carbonyl (C=O) groups excluding carboxylic acids is 2. The monoisotopic (exact) mass is 218 g/mol. The summed E-state index contributed by atoms with van der Waals surface area (Å²) in [5.74, 6) is 0. The lowest BCUT2D eigenvalue weighted by molar-refractivity contribution is -0.108. The van der Waals surface area contributed by atoms with Crippen LogP contribution in [0.5, 0.6) is 0 Å². The van der Waals surface area contributed by atoms with Gasteiger partial charge in [-0.05, 0) is 26.2 Å². The molecular formula is C12H26O3. The van der Waals surface area contributed by atoms with Crippen molar-refractivity contribution in [1.29, 1.82) is 0 Å². The third-order valence-electron chi connectivity index (χ3n) is 1.40. The molecule has 0 spiro atoms. The van der Waals surface area contributed by atoms with Gasteiger partial charge in [0.05, 0.1) is 6.10 Å². The molecule has 0 aliphatic rings. The Hall–Kier alpha value is -0.700. The maximum atomic E-state index is 9.40. The second-order valence-corrected chi connectivity index (χ2v) is 3.17. The zero-order valence-electron chi connectivity index (χ0n) is 10.5. The topological polar surface area (TPSA) is 54.4 Å². The van der Waals surface area contributed by atoms with Crippen molar-refractivity contribution in [2.75, 3.05) is 0 Å². The van der Waals surface area contributed by atoms with Gasteiger partial charge in [0.25, 0.3) is 0 Å². The fraction of sp³-hybridized carbons (Fsp3) is 0.833. The summed E-state index contributed by atoms with van der Waals surface area (Å²) in [6.07, 6.45) is 5.97. The molecule has 0 rings (SSSR count). The molecule has 0 aliphatic heterocycles. The zero-order chi connectivity index (χ0) is 12.5. The van der Waals surface area contributed by atoms with Crippen LogP contribution in [0, 0.1) is 0 Å². The van der Waals surface area contributed by atoms with Crippen molar-refractivity contribution in [3.63, 3.8) is 0 Å². The summed E-state index contributed by atoms with van der Waals surface area (Å²) in [6.45, 7) is 7.69. The van der Waals surface area contributed by atoms with Crippen LogP contribution in [0.15, 0.2) is 0 Å². The molecule has 92 valence electrons. The maximum absolute atomic E-state index is 9.40. The molecule has 0 bridgehead atoms. The van der Waals surface area contributed by atoms with Crippen LogP contribution >= 0.6 is 0 Å². The third kappa shape index (κ3) is 60.5. The lowest BCUT2D eigenvalue weighted by Gasteiger charge is -1.90. The van der Waals surface area contributed by atoms with Crippen LogP contribution < -0.4 is 0 Å². The number of aliphatic hydroxyl groups excluding tert-OH is 1. The van der Waals surface area contributed by atoms with Gasteiger partial charge in [0.15, 0.2) is 0 Å². The molecule has 0 saturated heterocycles. The van der Waals surface area contributed by atoms with E-state index in [4.69, 9.17) is 5.11 Å². The highest BCUT2D eigenvalue weighted by atomic mass is 16.3. The summed E-state index contributed by atoms with van der Waals surface area (Å²) in [5.41, 5.74) is 0. The van der Waals surface area contributed by atoms with Gasteiger partial charge in [0.2, 0.25) is 0 Å². The van der Waals surface area contributed by atoms with Gasteiger partial charge in [-0.2, -0.15) is 0 Å². The average molecular weight is 218 g/mol. The van der Waals surface area contributed by atoms with Crippen LogP contribution in [0.3, 0.4) is 0 Å². The van der Waals surface area contributed by atoms with Gasteiger partial charge in [0, 0.05) is 12.8 Å². The molecule has 0 saturated carbocycles. The Balaban J connectivity index is -0.000000144. The molecule has 1 atom stereocenters. The summed E-state index contributed by atoms with van der Waals surface area (Å²) < 4.78 is 0. The van der Waals surface area contributed by atoms with E-state index in [-0.39, 0.29) is 6.10 Å². The molecule has 0 aromatic rings. The van der Waals surface area contributed by atoms with Crippen molar-refractivity contribution in [2.45, 2.75) is 65.9 Å². The third-order valence-corrected chi connectivity index (χ3v) is 1.40. The molecule has 0 amide bonds. The number of rotatable bonds is 5. The lowest BCUT2D eigenvalue weighted by atomic mass is 10.3. The van der Waals surface area contributed by atoms with Gasteiger partial charge in [0.1, 0.15) is 12.6 Å². The van der Waals surface area contributed by atoms with Crippen molar-refractivity contribution in [3.05, 3.63) is 0 Å². The van der Waals surface area contributed by atoms with Gasteiger partial charge < -0.3 is 14.7 Å². The number of hydrogen-bond donors (Lipinski definition) is 1. The predicted octanol–water partition coefficient (Wildman–Crippen LogP) is 2.75. The summed E-state index contributed by atoms with van der Waals surface area (Å²) in [6, 6.07) is 0. The Kier molecular flexibility index (Phi) is 30.7. The molecule has 0 aromatic carbocycles. The standard InChI is InChI=1S/C4H10O.2C4H8O/c1-3-4(2)5;2*1-2-3-4-5/h4-5H,3H2,1-2H3;2*4H,2-3H2,1H3. The molecule has 1 N–H and O–H groups in total. The molecule has 0 radical (unpaired) electrons. The molecule has 3 nitrogen and oxygen atoms in total. The van der Waals surface area contributed by atoms with Crippen LogP contribution in [0.2, 0.25) is 0 Å². The molecule has 0 fully saturated rings. The van der Waals surface area contributed by atoms with Crippen molar-refractivity contribution in [3.8, 4) is 0 Å². The zero-order valence-corrected chi connectivity index (χ0v) is 10.5. The smallest absolute Gasteiger partial charge is 0.119 e. The van der Waals surface area contributed by atoms with E-state index in [1.807, 2.05) is 20.8 Å². The van der Waals surface area contributed by atoms with Gasteiger partial charge in [-0.3, -0.25) is 0 Å². The molecular weight excluding hydrogens is 192 g/mol. The van der Waals surface area contributed by atoms with Crippen molar-refractivity contribution < 1.29 is 14.7 Å². The molecule has 1 unspecified atom stereocenters. The van der Waals surface area contributed by atoms with Gasteiger partial charge >= 0.3 is 0 Å². The Bertz CT molecular complexity index is 101. The van der Waals surface area contributed by atoms with Crippen molar-refractivity contribution in [2.24, 2.45) is 0 Å². The van der Waals surface area contributed by atoms with E-state index in [0.717, 1.165) is 31.8 Å². The fourth-order valence-corrected chi connectivity index (χ4v) is 0.236. The first-order valence-electron chi connectivity index (χ1n) is 5.65. The van der Waals surface area contributed by atoms with E-state index in [1.54, 1.807) is 6.92 Å². The van der Waals surface area contributed by atoms with Crippen LogP contribution in [-0.2, 0) is 9.59 Å². The number of hydrogen-bond acceptors (Lipinski definition) is 3. The first kappa shape index (κ1) is 19.8. The van der Waals surface area contributed by atoms with Crippen LogP contribution in [-0.4, -0.2) is 23.8 Å². The van der Waals surface area contributed by atoms with Crippen LogP contribution in [0.1, 0.15) is 59.8 Å². The first-order chi connectivity index (χ1) is 7.10.